The van der Waals surface area contributed by atoms with Crippen LogP contribution < -0.4 is 24.8 Å². The molecule has 0 aliphatic carbocycles. The number of carbonyl (C=O) groups is 1. The van der Waals surface area contributed by atoms with E-state index in [4.69, 9.17) is 36.9 Å². The van der Waals surface area contributed by atoms with Crippen molar-refractivity contribution >= 4 is 39.8 Å². The summed E-state index contributed by atoms with van der Waals surface area (Å²) in [5.41, 5.74) is 6.41. The molecular formula is C25H27FN4O5S. The first-order valence-corrected chi connectivity index (χ1v) is 11.8. The molecule has 0 unspecified atom stereocenters. The smallest absolute Gasteiger partial charge is 0.230 e. The van der Waals surface area contributed by atoms with Crippen LogP contribution in [-0.4, -0.2) is 67.5 Å². The van der Waals surface area contributed by atoms with E-state index < -0.39 is 11.7 Å². The van der Waals surface area contributed by atoms with Crippen LogP contribution in [0.4, 0.5) is 10.1 Å². The van der Waals surface area contributed by atoms with Crippen molar-refractivity contribution in [1.82, 2.24) is 9.88 Å². The molecule has 0 radical (unpaired) electrons. The molecule has 1 aliphatic heterocycles. The number of hydrogen-bond donors (Lipinski definition) is 1. The fourth-order valence-electron chi connectivity index (χ4n) is 3.89. The summed E-state index contributed by atoms with van der Waals surface area (Å²) in [6.45, 7) is 5.76. The molecule has 11 heteroatoms. The van der Waals surface area contributed by atoms with Crippen LogP contribution in [0.5, 0.6) is 23.0 Å². The SMILES string of the molecule is COc1cc2c(Oc3ccc(N(C(C)=O)C(N)=S)cc3F)ccnc2cc1OCCN1CCOCC1. The van der Waals surface area contributed by atoms with Gasteiger partial charge in [0.05, 0.1) is 31.5 Å². The molecule has 2 N–H and O–H groups in total. The molecule has 9 nitrogen and oxygen atoms in total. The zero-order valence-corrected chi connectivity index (χ0v) is 20.8. The number of rotatable bonds is 8. The van der Waals surface area contributed by atoms with Gasteiger partial charge in [-0.05, 0) is 36.5 Å². The topological polar surface area (TPSA) is 99.4 Å². The molecule has 3 aromatic rings. The first-order valence-electron chi connectivity index (χ1n) is 11.3. The van der Waals surface area contributed by atoms with Crippen LogP contribution >= 0.6 is 12.2 Å². The number of methoxy groups -OCH3 is 1. The van der Waals surface area contributed by atoms with Crippen molar-refractivity contribution in [3.63, 3.8) is 0 Å². The first kappa shape index (κ1) is 25.5. The van der Waals surface area contributed by atoms with Crippen LogP contribution in [-0.2, 0) is 9.53 Å². The van der Waals surface area contributed by atoms with Crippen LogP contribution in [0.25, 0.3) is 10.9 Å². The molecule has 36 heavy (non-hydrogen) atoms. The third kappa shape index (κ3) is 5.81. The van der Waals surface area contributed by atoms with E-state index in [0.29, 0.717) is 34.8 Å². The molecule has 1 amide bonds. The van der Waals surface area contributed by atoms with Gasteiger partial charge in [0, 0.05) is 50.3 Å². The van der Waals surface area contributed by atoms with Gasteiger partial charge < -0.3 is 24.7 Å². The Kier molecular flexibility index (Phi) is 8.14. The van der Waals surface area contributed by atoms with Gasteiger partial charge in [0.25, 0.3) is 0 Å². The van der Waals surface area contributed by atoms with Crippen molar-refractivity contribution in [3.8, 4) is 23.0 Å². The summed E-state index contributed by atoms with van der Waals surface area (Å²) < 4.78 is 37.7. The zero-order valence-electron chi connectivity index (χ0n) is 20.0. The number of nitrogens with two attached hydrogens (primary N) is 1. The molecule has 190 valence electrons. The fourth-order valence-corrected chi connectivity index (χ4v) is 4.13. The molecule has 0 atom stereocenters. The van der Waals surface area contributed by atoms with E-state index in [-0.39, 0.29) is 16.5 Å². The van der Waals surface area contributed by atoms with Crippen LogP contribution in [0.3, 0.4) is 0 Å². The predicted octanol–water partition coefficient (Wildman–Crippen LogP) is 3.48. The van der Waals surface area contributed by atoms with Gasteiger partial charge in [0.2, 0.25) is 5.91 Å². The Labute approximate surface area is 213 Å². The van der Waals surface area contributed by atoms with Gasteiger partial charge in [-0.25, -0.2) is 4.39 Å². The number of thiocarbonyl (C=S) groups is 1. The summed E-state index contributed by atoms with van der Waals surface area (Å²) >= 11 is 4.90. The minimum absolute atomic E-state index is 0.0394. The lowest BCUT2D eigenvalue weighted by molar-refractivity contribution is -0.115. The maximum atomic E-state index is 14.9. The number of hydrogen-bond acceptors (Lipinski definition) is 8. The van der Waals surface area contributed by atoms with Crippen molar-refractivity contribution in [3.05, 3.63) is 48.4 Å². The van der Waals surface area contributed by atoms with Gasteiger partial charge in [0.1, 0.15) is 12.4 Å². The Morgan fingerprint density at radius 1 is 1.17 bits per heavy atom. The highest BCUT2D eigenvalue weighted by Gasteiger charge is 2.18. The number of halogens is 1. The number of nitrogens with zero attached hydrogens (tertiary/aromatic N) is 3. The Morgan fingerprint density at radius 2 is 1.94 bits per heavy atom. The summed E-state index contributed by atoms with van der Waals surface area (Å²) in [4.78, 5) is 19.5. The molecule has 2 aromatic carbocycles. The zero-order chi connectivity index (χ0) is 25.7. The summed E-state index contributed by atoms with van der Waals surface area (Å²) in [6.07, 6.45) is 1.57. The van der Waals surface area contributed by atoms with Crippen molar-refractivity contribution in [2.45, 2.75) is 6.92 Å². The van der Waals surface area contributed by atoms with Crippen LogP contribution in [0, 0.1) is 5.82 Å². The van der Waals surface area contributed by atoms with E-state index in [0.717, 1.165) is 43.8 Å². The Hall–Kier alpha value is -3.54. The molecule has 2 heterocycles. The minimum Gasteiger partial charge on any atom is -0.493 e. The second-order valence-electron chi connectivity index (χ2n) is 8.04. The standard InChI is InChI=1S/C25H27FN4O5S/c1-16(31)30(25(27)36)17-3-4-22(19(26)13-17)35-21-5-6-28-20-15-24(23(32-2)14-18(20)21)34-12-9-29-7-10-33-11-8-29/h3-6,13-15H,7-12H2,1-2H3,(H2,27,36). The van der Waals surface area contributed by atoms with Crippen LogP contribution in [0.1, 0.15) is 6.92 Å². The van der Waals surface area contributed by atoms with Crippen molar-refractivity contribution in [2.24, 2.45) is 5.73 Å². The summed E-state index contributed by atoms with van der Waals surface area (Å²) in [6, 6.07) is 9.20. The molecule has 0 saturated carbocycles. The number of anilines is 1. The van der Waals surface area contributed by atoms with E-state index in [1.54, 1.807) is 31.5 Å². The second kappa shape index (κ2) is 11.5. The van der Waals surface area contributed by atoms with Gasteiger partial charge in [0.15, 0.2) is 28.2 Å². The van der Waals surface area contributed by atoms with Crippen LogP contribution in [0.2, 0.25) is 0 Å². The normalized spacial score (nSPS) is 13.9. The molecule has 0 spiro atoms. The van der Waals surface area contributed by atoms with Crippen molar-refractivity contribution < 1.29 is 28.1 Å². The van der Waals surface area contributed by atoms with E-state index in [1.165, 1.54) is 19.1 Å². The number of fused-ring (bicyclic) bond motifs is 1. The van der Waals surface area contributed by atoms with Gasteiger partial charge >= 0.3 is 0 Å². The number of ether oxygens (including phenoxy) is 4. The minimum atomic E-state index is -0.685. The predicted molar refractivity (Wildman–Crippen MR) is 137 cm³/mol. The quantitative estimate of drug-likeness (QED) is 0.453. The highest BCUT2D eigenvalue weighted by molar-refractivity contribution is 7.80. The number of morpholine rings is 1. The third-order valence-electron chi connectivity index (χ3n) is 5.68. The number of amides is 1. The molecule has 1 fully saturated rings. The second-order valence-corrected chi connectivity index (χ2v) is 8.46. The lowest BCUT2D eigenvalue weighted by Gasteiger charge is -2.26. The Balaban J connectivity index is 1.55. The van der Waals surface area contributed by atoms with Crippen molar-refractivity contribution in [1.29, 1.82) is 0 Å². The summed E-state index contributed by atoms with van der Waals surface area (Å²) in [5, 5.41) is 0.442. The molecular weight excluding hydrogens is 487 g/mol. The molecule has 1 aliphatic rings. The number of benzene rings is 2. The highest BCUT2D eigenvalue weighted by atomic mass is 32.1. The number of aromatic nitrogens is 1. The van der Waals surface area contributed by atoms with E-state index in [2.05, 4.69) is 9.88 Å². The van der Waals surface area contributed by atoms with Gasteiger partial charge in [-0.1, -0.05) is 0 Å². The van der Waals surface area contributed by atoms with Gasteiger partial charge in [-0.15, -0.1) is 0 Å². The maximum Gasteiger partial charge on any atom is 0.230 e. The monoisotopic (exact) mass is 514 g/mol. The highest BCUT2D eigenvalue weighted by Crippen LogP contribution is 2.38. The Bertz CT molecular complexity index is 1250. The van der Waals surface area contributed by atoms with E-state index in [9.17, 15) is 9.18 Å². The van der Waals surface area contributed by atoms with Crippen LogP contribution in [0.15, 0.2) is 42.6 Å². The Morgan fingerprint density at radius 3 is 2.61 bits per heavy atom. The molecule has 1 aromatic heterocycles. The summed E-state index contributed by atoms with van der Waals surface area (Å²) in [5.74, 6) is 0.290. The molecule has 1 saturated heterocycles. The number of carbonyl (C=O) groups excluding carboxylic acids is 1. The van der Waals surface area contributed by atoms with E-state index >= 15 is 0 Å². The average molecular weight is 515 g/mol. The first-order chi connectivity index (χ1) is 17.4. The average Bonchev–Trinajstić information content (AvgIpc) is 2.85. The largest absolute Gasteiger partial charge is 0.493 e. The lowest BCUT2D eigenvalue weighted by atomic mass is 10.1. The fraction of sp³-hybridized carbons (Fsp3) is 0.320. The lowest BCUT2D eigenvalue weighted by Crippen LogP contribution is -2.39. The summed E-state index contributed by atoms with van der Waals surface area (Å²) in [7, 11) is 1.55. The molecule has 0 bridgehead atoms. The van der Waals surface area contributed by atoms with Gasteiger partial charge in [-0.2, -0.15) is 0 Å². The number of pyridine rings is 1. The van der Waals surface area contributed by atoms with Crippen molar-refractivity contribution in [2.75, 3.05) is 51.5 Å². The molecule has 4 rings (SSSR count). The third-order valence-corrected chi connectivity index (χ3v) is 5.87. The maximum absolute atomic E-state index is 14.9. The van der Waals surface area contributed by atoms with Gasteiger partial charge in [-0.3, -0.25) is 19.6 Å². The van der Waals surface area contributed by atoms with E-state index in [1.807, 2.05) is 0 Å².